The van der Waals surface area contributed by atoms with Crippen LogP contribution in [0, 0.1) is 5.82 Å². The number of benzene rings is 1. The second kappa shape index (κ2) is 9.94. The van der Waals surface area contributed by atoms with Crippen molar-refractivity contribution in [1.29, 1.82) is 0 Å². The van der Waals surface area contributed by atoms with Crippen LogP contribution < -0.4 is 21.9 Å². The van der Waals surface area contributed by atoms with Crippen molar-refractivity contribution < 1.29 is 22.3 Å². The van der Waals surface area contributed by atoms with Crippen molar-refractivity contribution >= 4 is 23.4 Å². The lowest BCUT2D eigenvalue weighted by atomic mass is 9.92. The van der Waals surface area contributed by atoms with Crippen LogP contribution in [0.1, 0.15) is 36.1 Å². The maximum atomic E-state index is 14.1. The van der Waals surface area contributed by atoms with Gasteiger partial charge in [0.1, 0.15) is 18.5 Å². The van der Waals surface area contributed by atoms with Crippen LogP contribution in [0.15, 0.2) is 57.8 Å². The average Bonchev–Trinajstić information content (AvgIpc) is 2.77. The lowest BCUT2D eigenvalue weighted by molar-refractivity contribution is -0.118. The Bertz CT molecular complexity index is 1200. The highest BCUT2D eigenvalue weighted by molar-refractivity contribution is 6.14. The average molecular weight is 476 g/mol. The molecule has 0 fully saturated rings. The van der Waals surface area contributed by atoms with Gasteiger partial charge in [0.25, 0.3) is 0 Å². The fourth-order valence-electron chi connectivity index (χ4n) is 3.56. The minimum atomic E-state index is -4.54. The largest absolute Gasteiger partial charge is 0.482 e. The normalized spacial score (nSPS) is 19.6. The van der Waals surface area contributed by atoms with E-state index in [1.54, 1.807) is 6.92 Å². The zero-order chi connectivity index (χ0) is 25.0. The number of anilines is 1. The van der Waals surface area contributed by atoms with Crippen LogP contribution in [0.3, 0.4) is 0 Å². The first-order valence-corrected chi connectivity index (χ1v) is 10.2. The Balaban J connectivity index is 2.33. The van der Waals surface area contributed by atoms with E-state index in [9.17, 15) is 17.6 Å². The molecule has 0 saturated carbocycles. The summed E-state index contributed by atoms with van der Waals surface area (Å²) in [6.45, 7) is 0.232. The molecule has 2 bridgehead atoms. The predicted octanol–water partition coefficient (Wildman–Crippen LogP) is 3.91. The molecule has 3 rings (SSSR count). The molecule has 2 heterocycles. The third-order valence-electron chi connectivity index (χ3n) is 5.13. The number of rotatable bonds is 2. The van der Waals surface area contributed by atoms with E-state index in [-0.39, 0.29) is 40.5 Å². The molecule has 11 heteroatoms. The minimum absolute atomic E-state index is 0.00128. The van der Waals surface area contributed by atoms with Crippen molar-refractivity contribution in [2.75, 3.05) is 19.3 Å². The summed E-state index contributed by atoms with van der Waals surface area (Å²) < 4.78 is 59.2. The van der Waals surface area contributed by atoms with Crippen LogP contribution in [0.25, 0.3) is 5.70 Å². The van der Waals surface area contributed by atoms with Gasteiger partial charge in [-0.2, -0.15) is 13.2 Å². The van der Waals surface area contributed by atoms with E-state index in [0.29, 0.717) is 16.7 Å². The number of alkyl halides is 3. The molecule has 1 atom stereocenters. The smallest absolute Gasteiger partial charge is 0.407 e. The Labute approximate surface area is 193 Å². The molecule has 180 valence electrons. The summed E-state index contributed by atoms with van der Waals surface area (Å²) >= 11 is 0. The molecular formula is C23H24F4N6O. The number of aliphatic imine (C=N–C) groups is 2. The lowest BCUT2D eigenvalue weighted by Gasteiger charge is -2.23. The monoisotopic (exact) mass is 476 g/mol. The summed E-state index contributed by atoms with van der Waals surface area (Å²) in [4.78, 5) is 11.9. The number of ether oxygens (including phenoxy) is 1. The second-order valence-corrected chi connectivity index (χ2v) is 7.57. The Morgan fingerprint density at radius 2 is 1.97 bits per heavy atom. The summed E-state index contributed by atoms with van der Waals surface area (Å²) in [5.74, 6) is -0.403. The Kier molecular flexibility index (Phi) is 7.23. The van der Waals surface area contributed by atoms with Gasteiger partial charge in [0.05, 0.1) is 5.71 Å². The van der Waals surface area contributed by atoms with E-state index in [0.717, 1.165) is 6.20 Å². The van der Waals surface area contributed by atoms with Gasteiger partial charge in [0.2, 0.25) is 0 Å². The van der Waals surface area contributed by atoms with Crippen molar-refractivity contribution in [2.24, 2.45) is 21.5 Å². The van der Waals surface area contributed by atoms with E-state index >= 15 is 0 Å². The summed E-state index contributed by atoms with van der Waals surface area (Å²) in [5, 5.41) is 0. The molecule has 6 N–H and O–H groups in total. The molecule has 7 nitrogen and oxygen atoms in total. The number of fused-ring (bicyclic) bond motifs is 3. The van der Waals surface area contributed by atoms with Gasteiger partial charge in [-0.3, -0.25) is 9.98 Å². The van der Waals surface area contributed by atoms with E-state index in [1.807, 2.05) is 0 Å². The van der Waals surface area contributed by atoms with Crippen LogP contribution >= 0.6 is 0 Å². The Morgan fingerprint density at radius 1 is 1.24 bits per heavy atom. The number of aromatic nitrogens is 1. The van der Waals surface area contributed by atoms with Crippen LogP contribution in [-0.4, -0.2) is 36.7 Å². The summed E-state index contributed by atoms with van der Waals surface area (Å²) in [6.07, 6.45) is -1.37. The molecule has 0 spiro atoms. The first-order chi connectivity index (χ1) is 16.0. The van der Waals surface area contributed by atoms with Gasteiger partial charge in [-0.05, 0) is 48.5 Å². The van der Waals surface area contributed by atoms with Crippen LogP contribution in [0.4, 0.5) is 23.4 Å². The highest BCUT2D eigenvalue weighted by Gasteiger charge is 2.28. The number of nitrogens with two attached hydrogens (primary N) is 3. The zero-order valence-corrected chi connectivity index (χ0v) is 18.5. The van der Waals surface area contributed by atoms with Crippen molar-refractivity contribution in [2.45, 2.75) is 25.6 Å². The maximum Gasteiger partial charge on any atom is 0.407 e. The first-order valence-electron chi connectivity index (χ1n) is 10.2. The first kappa shape index (κ1) is 24.7. The van der Waals surface area contributed by atoms with Crippen molar-refractivity contribution in [3.05, 3.63) is 70.3 Å². The second-order valence-electron chi connectivity index (χ2n) is 7.57. The summed E-state index contributed by atoms with van der Waals surface area (Å²) in [7, 11) is 1.52. The minimum Gasteiger partial charge on any atom is -0.482 e. The molecule has 1 aliphatic rings. The van der Waals surface area contributed by atoms with Gasteiger partial charge in [-0.25, -0.2) is 9.37 Å². The van der Waals surface area contributed by atoms with Crippen molar-refractivity contribution in [1.82, 2.24) is 4.98 Å². The van der Waals surface area contributed by atoms with Gasteiger partial charge in [0, 0.05) is 48.3 Å². The molecule has 0 amide bonds. The van der Waals surface area contributed by atoms with Gasteiger partial charge in [0.15, 0.2) is 11.6 Å². The van der Waals surface area contributed by atoms with Crippen LogP contribution in [0.2, 0.25) is 0 Å². The molecular weight excluding hydrogens is 452 g/mol. The van der Waals surface area contributed by atoms with E-state index < -0.39 is 24.6 Å². The number of hydrogen-bond acceptors (Lipinski definition) is 7. The van der Waals surface area contributed by atoms with Gasteiger partial charge >= 0.3 is 6.18 Å². The summed E-state index contributed by atoms with van der Waals surface area (Å²) in [6, 6.07) is 5.47. The standard InChI is InChI=1S/C23H24F4N6O/c1-12-18-7-16(24)3-4-17(18)20(29)14(9-31-2)5-13(8-28)21(33-11-23(25,26)27)15-6-19(34-12)22(30)32-10-15/h3-4,6-10,12H,5,11,28-29H2,1-2H3,(H2,30,32)/t12-/m1/s1. The van der Waals surface area contributed by atoms with Crippen molar-refractivity contribution in [3.63, 3.8) is 0 Å². The fraction of sp³-hybridized carbons (Fsp3) is 0.261. The van der Waals surface area contributed by atoms with Gasteiger partial charge < -0.3 is 21.9 Å². The quantitative estimate of drug-likeness (QED) is 0.448. The lowest BCUT2D eigenvalue weighted by Crippen LogP contribution is -2.19. The van der Waals surface area contributed by atoms with Gasteiger partial charge in [-0.15, -0.1) is 0 Å². The van der Waals surface area contributed by atoms with Crippen molar-refractivity contribution in [3.8, 4) is 5.75 Å². The number of nitrogen functional groups attached to an aromatic ring is 1. The maximum absolute atomic E-state index is 14.1. The molecule has 0 aliphatic carbocycles. The Morgan fingerprint density at radius 3 is 2.62 bits per heavy atom. The fourth-order valence-corrected chi connectivity index (χ4v) is 3.56. The molecule has 0 radical (unpaired) electrons. The SMILES string of the molecule is CN=CC1=C(N)c2ccc(F)cc2[C@@H](C)Oc2cc(cnc2N)C(=NCC(F)(F)F)C(=CN)C1. The van der Waals surface area contributed by atoms with Crippen LogP contribution in [-0.2, 0) is 0 Å². The molecule has 0 unspecified atom stereocenters. The number of nitrogens with zero attached hydrogens (tertiary/aromatic N) is 3. The summed E-state index contributed by atoms with van der Waals surface area (Å²) in [5.41, 5.74) is 20.3. The molecule has 2 aromatic rings. The van der Waals surface area contributed by atoms with E-state index in [1.165, 1.54) is 43.7 Å². The molecule has 1 aromatic heterocycles. The zero-order valence-electron chi connectivity index (χ0n) is 18.5. The topological polar surface area (TPSA) is 125 Å². The number of halogens is 4. The van der Waals surface area contributed by atoms with E-state index in [4.69, 9.17) is 21.9 Å². The molecule has 1 aliphatic heterocycles. The number of pyridine rings is 1. The van der Waals surface area contributed by atoms with Gasteiger partial charge in [-0.1, -0.05) is 0 Å². The number of allylic oxidation sites excluding steroid dienone is 2. The molecule has 0 saturated heterocycles. The van der Waals surface area contributed by atoms with E-state index in [2.05, 4.69) is 15.0 Å². The molecule has 34 heavy (non-hydrogen) atoms. The highest BCUT2D eigenvalue weighted by atomic mass is 19.4. The highest BCUT2D eigenvalue weighted by Crippen LogP contribution is 2.34. The molecule has 1 aromatic carbocycles. The third kappa shape index (κ3) is 5.53. The predicted molar refractivity (Wildman–Crippen MR) is 124 cm³/mol. The Hall–Kier alpha value is -3.89. The number of hydrogen-bond donors (Lipinski definition) is 3. The third-order valence-corrected chi connectivity index (χ3v) is 5.13. The van der Waals surface area contributed by atoms with Crippen LogP contribution in [0.5, 0.6) is 5.75 Å².